The SMILES string of the molecule is N=C(OC(N)=N[C@H]1N=C(c2ccccc2)c2ccccc2NC1=O)C1=C(N2CCOCC2)SCN1. The number of amidine groups is 1. The molecule has 0 spiro atoms. The summed E-state index contributed by atoms with van der Waals surface area (Å²) in [5, 5.41) is 15.4. The predicted octanol–water partition coefficient (Wildman–Crippen LogP) is 1.91. The Morgan fingerprint density at radius 2 is 1.91 bits per heavy atom. The summed E-state index contributed by atoms with van der Waals surface area (Å²) in [6.45, 7) is 2.75. The lowest BCUT2D eigenvalue weighted by Crippen LogP contribution is -2.36. The Hall–Kier alpha value is -3.83. The first-order valence-electron chi connectivity index (χ1n) is 11.2. The summed E-state index contributed by atoms with van der Waals surface area (Å²) in [4.78, 5) is 24.0. The summed E-state index contributed by atoms with van der Waals surface area (Å²) >= 11 is 1.59. The fourth-order valence-electron chi connectivity index (χ4n) is 3.98. The number of nitrogens with two attached hydrogens (primary N) is 1. The van der Waals surface area contributed by atoms with Gasteiger partial charge in [-0.25, -0.2) is 4.99 Å². The van der Waals surface area contributed by atoms with Gasteiger partial charge >= 0.3 is 0 Å². The van der Waals surface area contributed by atoms with Gasteiger partial charge in [0.2, 0.25) is 12.1 Å². The van der Waals surface area contributed by atoms with Crippen LogP contribution in [0.4, 0.5) is 5.69 Å². The number of benzene rings is 2. The maximum atomic E-state index is 13.0. The molecule has 180 valence electrons. The van der Waals surface area contributed by atoms with E-state index < -0.39 is 12.1 Å². The van der Waals surface area contributed by atoms with Crippen LogP contribution in [0.2, 0.25) is 0 Å². The Kier molecular flexibility index (Phi) is 6.68. The van der Waals surface area contributed by atoms with Crippen LogP contribution in [0.5, 0.6) is 0 Å². The topological polar surface area (TPSA) is 137 Å². The van der Waals surface area contributed by atoms with E-state index in [1.807, 2.05) is 54.6 Å². The minimum absolute atomic E-state index is 0.165. The first-order chi connectivity index (χ1) is 17.1. The first kappa shape index (κ1) is 22.9. The van der Waals surface area contributed by atoms with Crippen LogP contribution in [0.25, 0.3) is 0 Å². The summed E-state index contributed by atoms with van der Waals surface area (Å²) in [5.41, 5.74) is 9.46. The molecule has 0 saturated carbocycles. The van der Waals surface area contributed by atoms with Crippen LogP contribution < -0.4 is 16.4 Å². The number of thioether (sulfide) groups is 1. The van der Waals surface area contributed by atoms with Crippen LogP contribution in [0.1, 0.15) is 11.1 Å². The molecule has 0 unspecified atom stereocenters. The van der Waals surface area contributed by atoms with Crippen LogP contribution in [0.15, 0.2) is 75.3 Å². The van der Waals surface area contributed by atoms with E-state index in [9.17, 15) is 4.79 Å². The number of benzodiazepines with no additional fused rings is 1. The van der Waals surface area contributed by atoms with Crippen LogP contribution in [0, 0.1) is 5.41 Å². The number of aliphatic imine (C=N–C) groups is 2. The van der Waals surface area contributed by atoms with Crippen molar-refractivity contribution in [2.75, 3.05) is 37.5 Å². The second-order valence-electron chi connectivity index (χ2n) is 7.90. The van der Waals surface area contributed by atoms with Gasteiger partial charge in [0.05, 0.1) is 30.5 Å². The highest BCUT2D eigenvalue weighted by atomic mass is 32.2. The van der Waals surface area contributed by atoms with E-state index in [-0.39, 0.29) is 11.9 Å². The minimum Gasteiger partial charge on any atom is -0.405 e. The number of rotatable bonds is 4. The van der Waals surface area contributed by atoms with Crippen molar-refractivity contribution in [3.05, 3.63) is 76.5 Å². The third-order valence-corrected chi connectivity index (χ3v) is 6.65. The van der Waals surface area contributed by atoms with Crippen molar-refractivity contribution in [2.45, 2.75) is 6.17 Å². The molecule has 1 fully saturated rings. The molecule has 0 aromatic heterocycles. The van der Waals surface area contributed by atoms with E-state index in [1.165, 1.54) is 0 Å². The van der Waals surface area contributed by atoms with Gasteiger partial charge in [-0.2, -0.15) is 4.99 Å². The largest absolute Gasteiger partial charge is 0.405 e. The molecule has 5 N–H and O–H groups in total. The maximum Gasteiger partial charge on any atom is 0.291 e. The average molecular weight is 492 g/mol. The number of anilines is 1. The van der Waals surface area contributed by atoms with Crippen molar-refractivity contribution in [3.63, 3.8) is 0 Å². The molecular weight excluding hydrogens is 466 g/mol. The van der Waals surface area contributed by atoms with Crippen molar-refractivity contribution >= 4 is 41.0 Å². The maximum absolute atomic E-state index is 13.0. The number of nitrogens with one attached hydrogen (secondary N) is 3. The summed E-state index contributed by atoms with van der Waals surface area (Å²) < 4.78 is 11.0. The van der Waals surface area contributed by atoms with E-state index in [4.69, 9.17) is 20.6 Å². The molecule has 2 aromatic rings. The molecule has 11 heteroatoms. The third-order valence-electron chi connectivity index (χ3n) is 5.63. The van der Waals surface area contributed by atoms with Gasteiger partial charge in [0, 0.05) is 24.2 Å². The summed E-state index contributed by atoms with van der Waals surface area (Å²) in [7, 11) is 0. The lowest BCUT2D eigenvalue weighted by Gasteiger charge is -2.29. The quantitative estimate of drug-likeness (QED) is 0.379. The molecule has 1 saturated heterocycles. The molecule has 0 bridgehead atoms. The molecule has 3 heterocycles. The van der Waals surface area contributed by atoms with Crippen molar-refractivity contribution in [3.8, 4) is 0 Å². The molecule has 10 nitrogen and oxygen atoms in total. The van der Waals surface area contributed by atoms with Gasteiger partial charge in [-0.3, -0.25) is 10.2 Å². The first-order valence-corrected chi connectivity index (χ1v) is 12.2. The van der Waals surface area contributed by atoms with E-state index >= 15 is 0 Å². The number of morpholine rings is 1. The smallest absolute Gasteiger partial charge is 0.291 e. The Bertz CT molecular complexity index is 1220. The highest BCUT2D eigenvalue weighted by Crippen LogP contribution is 2.29. The molecule has 0 radical (unpaired) electrons. The fourth-order valence-corrected chi connectivity index (χ4v) is 5.01. The van der Waals surface area contributed by atoms with Crippen molar-refractivity contribution in [1.29, 1.82) is 5.41 Å². The molecule has 2 aromatic carbocycles. The number of carbonyl (C=O) groups excluding carboxylic acids is 1. The van der Waals surface area contributed by atoms with Gasteiger partial charge in [0.25, 0.3) is 11.9 Å². The molecule has 1 atom stereocenters. The molecule has 3 aliphatic heterocycles. The molecule has 0 aliphatic carbocycles. The van der Waals surface area contributed by atoms with E-state index in [0.29, 0.717) is 36.2 Å². The van der Waals surface area contributed by atoms with E-state index in [2.05, 4.69) is 25.5 Å². The Balaban J connectivity index is 1.41. The number of hydrogen-bond donors (Lipinski definition) is 4. The molecule has 5 rings (SSSR count). The van der Waals surface area contributed by atoms with Crippen molar-refractivity contribution in [1.82, 2.24) is 10.2 Å². The van der Waals surface area contributed by atoms with Gasteiger partial charge in [0.1, 0.15) is 10.7 Å². The van der Waals surface area contributed by atoms with Gasteiger partial charge in [-0.05, 0) is 6.07 Å². The number of carbonyl (C=O) groups is 1. The Morgan fingerprint density at radius 3 is 2.71 bits per heavy atom. The van der Waals surface area contributed by atoms with Gasteiger partial charge < -0.3 is 30.7 Å². The van der Waals surface area contributed by atoms with Crippen LogP contribution in [-0.2, 0) is 14.3 Å². The van der Waals surface area contributed by atoms with Crippen LogP contribution in [0.3, 0.4) is 0 Å². The molecule has 35 heavy (non-hydrogen) atoms. The lowest BCUT2D eigenvalue weighted by molar-refractivity contribution is -0.117. The number of amides is 1. The standard InChI is InChI=1S/C24H25N7O3S/c25-20(19-23(35-14-27-19)31-10-12-33-13-11-31)34-24(26)30-21-22(32)28-17-9-5-4-8-16(17)18(29-21)15-6-2-1-3-7-15/h1-9,21,25,27H,10-14H2,(H2,26,30)(H,28,32)/t21-/m1/s1. The molecule has 1 amide bonds. The number of para-hydroxylation sites is 1. The number of ether oxygens (including phenoxy) is 2. The van der Waals surface area contributed by atoms with Crippen LogP contribution in [-0.4, -0.2) is 66.8 Å². The lowest BCUT2D eigenvalue weighted by atomic mass is 10.0. The average Bonchev–Trinajstić information content (AvgIpc) is 3.33. The minimum atomic E-state index is -1.18. The van der Waals surface area contributed by atoms with E-state index in [0.717, 1.165) is 29.2 Å². The second kappa shape index (κ2) is 10.2. The fraction of sp³-hybridized carbons (Fsp3) is 0.250. The Labute approximate surface area is 206 Å². The highest BCUT2D eigenvalue weighted by molar-refractivity contribution is 8.03. The number of hydrogen-bond acceptors (Lipinski definition) is 9. The third kappa shape index (κ3) is 5.00. The summed E-state index contributed by atoms with van der Waals surface area (Å²) in [6, 6.07) is 16.7. The van der Waals surface area contributed by atoms with Gasteiger partial charge in [0.15, 0.2) is 0 Å². The monoisotopic (exact) mass is 491 g/mol. The zero-order valence-corrected chi connectivity index (χ0v) is 19.7. The summed E-state index contributed by atoms with van der Waals surface area (Å²) in [6.07, 6.45) is -1.18. The molecule has 3 aliphatic rings. The van der Waals surface area contributed by atoms with E-state index in [1.54, 1.807) is 11.8 Å². The normalized spacial score (nSPS) is 20.4. The van der Waals surface area contributed by atoms with Crippen molar-refractivity contribution < 1.29 is 14.3 Å². The van der Waals surface area contributed by atoms with Gasteiger partial charge in [-0.15, -0.1) is 0 Å². The molecular formula is C24H25N7O3S. The van der Waals surface area contributed by atoms with Gasteiger partial charge in [-0.1, -0.05) is 60.3 Å². The second-order valence-corrected chi connectivity index (χ2v) is 8.86. The zero-order valence-electron chi connectivity index (χ0n) is 18.9. The Morgan fingerprint density at radius 1 is 1.17 bits per heavy atom. The number of fused-ring (bicyclic) bond motifs is 1. The predicted molar refractivity (Wildman–Crippen MR) is 136 cm³/mol. The summed E-state index contributed by atoms with van der Waals surface area (Å²) in [5.74, 6) is 0.0188. The number of nitrogens with zero attached hydrogens (tertiary/aromatic N) is 3. The van der Waals surface area contributed by atoms with Crippen molar-refractivity contribution in [2.24, 2.45) is 15.7 Å². The highest BCUT2D eigenvalue weighted by Gasteiger charge is 2.28. The zero-order chi connectivity index (χ0) is 24.2. The van der Waals surface area contributed by atoms with Crippen LogP contribution >= 0.6 is 11.8 Å².